The second-order valence-electron chi connectivity index (χ2n) is 4.79. The lowest BCUT2D eigenvalue weighted by Gasteiger charge is -2.37. The van der Waals surface area contributed by atoms with E-state index in [0.717, 1.165) is 6.42 Å². The number of ether oxygens (including phenoxy) is 3. The maximum atomic E-state index is 11.5. The number of carbonyl (C=O) groups excluding carboxylic acids is 1. The molecule has 4 nitrogen and oxygen atoms in total. The maximum Gasteiger partial charge on any atom is 0.305 e. The quantitative estimate of drug-likeness (QED) is 0.634. The van der Waals surface area contributed by atoms with Gasteiger partial charge in [-0.3, -0.25) is 4.79 Å². The van der Waals surface area contributed by atoms with Gasteiger partial charge in [0, 0.05) is 26.1 Å². The lowest BCUT2D eigenvalue weighted by atomic mass is 9.72. The van der Waals surface area contributed by atoms with Gasteiger partial charge in [-0.05, 0) is 19.3 Å². The topological polar surface area (TPSA) is 44.8 Å². The first-order chi connectivity index (χ1) is 9.18. The molecule has 0 aliphatic heterocycles. The minimum Gasteiger partial charge on any atom is -0.466 e. The zero-order valence-electron chi connectivity index (χ0n) is 12.1. The van der Waals surface area contributed by atoms with Crippen molar-refractivity contribution in [2.75, 3.05) is 34.0 Å². The van der Waals surface area contributed by atoms with E-state index in [1.54, 1.807) is 14.2 Å². The number of hydrogen-bond acceptors (Lipinski definition) is 4. The Hall–Kier alpha value is -1.13. The summed E-state index contributed by atoms with van der Waals surface area (Å²) in [7, 11) is 3.37. The van der Waals surface area contributed by atoms with E-state index >= 15 is 0 Å². The Bertz CT molecular complexity index is 327. The van der Waals surface area contributed by atoms with Crippen LogP contribution in [0.15, 0.2) is 24.3 Å². The van der Waals surface area contributed by atoms with Gasteiger partial charge in [0.25, 0.3) is 0 Å². The molecule has 1 aliphatic carbocycles. The van der Waals surface area contributed by atoms with E-state index in [9.17, 15) is 4.79 Å². The van der Waals surface area contributed by atoms with E-state index in [1.807, 2.05) is 19.1 Å². The molecule has 1 atom stereocenters. The molecular weight excluding hydrogens is 244 g/mol. The van der Waals surface area contributed by atoms with Gasteiger partial charge in [0.15, 0.2) is 0 Å². The van der Waals surface area contributed by atoms with Crippen LogP contribution in [0.1, 0.15) is 19.8 Å². The molecule has 0 aromatic rings. The lowest BCUT2D eigenvalue weighted by molar-refractivity contribution is -0.143. The van der Waals surface area contributed by atoms with Gasteiger partial charge in [0.1, 0.15) is 0 Å². The van der Waals surface area contributed by atoms with E-state index < -0.39 is 0 Å². The van der Waals surface area contributed by atoms with Crippen LogP contribution in [0.25, 0.3) is 0 Å². The number of esters is 1. The molecule has 19 heavy (non-hydrogen) atoms. The molecule has 0 bridgehead atoms. The minimum absolute atomic E-state index is 0.144. The van der Waals surface area contributed by atoms with Gasteiger partial charge in [0.05, 0.1) is 19.8 Å². The first-order valence-corrected chi connectivity index (χ1v) is 6.68. The molecule has 0 saturated carbocycles. The lowest BCUT2D eigenvalue weighted by Crippen LogP contribution is -2.38. The van der Waals surface area contributed by atoms with Crippen molar-refractivity contribution in [1.82, 2.24) is 0 Å². The Labute approximate surface area is 115 Å². The van der Waals surface area contributed by atoms with Gasteiger partial charge >= 0.3 is 5.97 Å². The fourth-order valence-electron chi connectivity index (χ4n) is 2.54. The standard InChI is InChI=1S/C15H24O4/c1-4-19-14(16)9-8-13-7-5-6-10-15(13,11-17-2)12-18-3/h5-7,10,13H,4,8-9,11-12H2,1-3H3. The van der Waals surface area contributed by atoms with Gasteiger partial charge in [-0.1, -0.05) is 24.3 Å². The summed E-state index contributed by atoms with van der Waals surface area (Å²) in [6.45, 7) is 3.41. The molecule has 108 valence electrons. The number of hydrogen-bond donors (Lipinski definition) is 0. The molecule has 1 aliphatic rings. The molecule has 1 rings (SSSR count). The highest BCUT2D eigenvalue weighted by Gasteiger charge is 2.36. The summed E-state index contributed by atoms with van der Waals surface area (Å²) in [5.74, 6) is 0.0796. The zero-order valence-corrected chi connectivity index (χ0v) is 12.1. The van der Waals surface area contributed by atoms with Gasteiger partial charge in [-0.15, -0.1) is 0 Å². The molecule has 0 heterocycles. The summed E-state index contributed by atoms with van der Waals surface area (Å²) in [4.78, 5) is 11.5. The number of methoxy groups -OCH3 is 2. The highest BCUT2D eigenvalue weighted by atomic mass is 16.5. The first kappa shape index (κ1) is 15.9. The Kier molecular flexibility index (Phi) is 6.81. The monoisotopic (exact) mass is 268 g/mol. The van der Waals surface area contributed by atoms with Crippen LogP contribution in [-0.4, -0.2) is 40.0 Å². The largest absolute Gasteiger partial charge is 0.466 e. The summed E-state index contributed by atoms with van der Waals surface area (Å²) in [6, 6.07) is 0. The van der Waals surface area contributed by atoms with E-state index in [-0.39, 0.29) is 17.3 Å². The SMILES string of the molecule is CCOC(=O)CCC1C=CC=CC1(COC)COC. The Balaban J connectivity index is 2.68. The molecule has 0 aromatic heterocycles. The van der Waals surface area contributed by atoms with Crippen molar-refractivity contribution >= 4 is 5.97 Å². The summed E-state index contributed by atoms with van der Waals surface area (Å²) in [5.41, 5.74) is -0.190. The molecule has 0 radical (unpaired) electrons. The average molecular weight is 268 g/mol. The van der Waals surface area contributed by atoms with Crippen molar-refractivity contribution in [1.29, 1.82) is 0 Å². The molecule has 0 amide bonds. The van der Waals surface area contributed by atoms with Gasteiger partial charge in [-0.2, -0.15) is 0 Å². The van der Waals surface area contributed by atoms with Crippen LogP contribution in [0.5, 0.6) is 0 Å². The van der Waals surface area contributed by atoms with Crippen molar-refractivity contribution in [3.8, 4) is 0 Å². The van der Waals surface area contributed by atoms with Crippen molar-refractivity contribution in [2.45, 2.75) is 19.8 Å². The Morgan fingerprint density at radius 1 is 1.21 bits per heavy atom. The maximum absolute atomic E-state index is 11.5. The molecule has 0 saturated heterocycles. The molecule has 0 N–H and O–H groups in total. The van der Waals surface area contributed by atoms with Crippen LogP contribution >= 0.6 is 0 Å². The van der Waals surface area contributed by atoms with Gasteiger partial charge < -0.3 is 14.2 Å². The smallest absolute Gasteiger partial charge is 0.305 e. The molecule has 0 fully saturated rings. The Morgan fingerprint density at radius 3 is 2.47 bits per heavy atom. The summed E-state index contributed by atoms with van der Waals surface area (Å²) in [6.07, 6.45) is 9.43. The van der Waals surface area contributed by atoms with Crippen LogP contribution in [0, 0.1) is 11.3 Å². The minimum atomic E-state index is -0.190. The third-order valence-electron chi connectivity index (χ3n) is 3.41. The number of carbonyl (C=O) groups is 1. The van der Waals surface area contributed by atoms with Crippen LogP contribution in [0.2, 0.25) is 0 Å². The third-order valence-corrected chi connectivity index (χ3v) is 3.41. The van der Waals surface area contributed by atoms with E-state index in [2.05, 4.69) is 12.2 Å². The molecule has 0 spiro atoms. The highest BCUT2D eigenvalue weighted by molar-refractivity contribution is 5.69. The normalized spacial score (nSPS) is 20.5. The fraction of sp³-hybridized carbons (Fsp3) is 0.667. The summed E-state index contributed by atoms with van der Waals surface area (Å²) in [5, 5.41) is 0. The average Bonchev–Trinajstić information content (AvgIpc) is 2.39. The Morgan fingerprint density at radius 2 is 1.89 bits per heavy atom. The first-order valence-electron chi connectivity index (χ1n) is 6.68. The highest BCUT2D eigenvalue weighted by Crippen LogP contribution is 2.37. The van der Waals surface area contributed by atoms with Crippen molar-refractivity contribution in [2.24, 2.45) is 11.3 Å². The van der Waals surface area contributed by atoms with Crippen LogP contribution in [0.3, 0.4) is 0 Å². The van der Waals surface area contributed by atoms with E-state index in [1.165, 1.54) is 0 Å². The third kappa shape index (κ3) is 4.48. The summed E-state index contributed by atoms with van der Waals surface area (Å²) >= 11 is 0. The van der Waals surface area contributed by atoms with Crippen molar-refractivity contribution in [3.05, 3.63) is 24.3 Å². The second kappa shape index (κ2) is 8.12. The zero-order chi connectivity index (χ0) is 14.1. The van der Waals surface area contributed by atoms with Gasteiger partial charge in [0.2, 0.25) is 0 Å². The predicted molar refractivity (Wildman–Crippen MR) is 73.8 cm³/mol. The van der Waals surface area contributed by atoms with E-state index in [4.69, 9.17) is 14.2 Å². The molecular formula is C15H24O4. The fourth-order valence-corrected chi connectivity index (χ4v) is 2.54. The second-order valence-corrected chi connectivity index (χ2v) is 4.79. The van der Waals surface area contributed by atoms with Gasteiger partial charge in [-0.25, -0.2) is 0 Å². The predicted octanol–water partition coefficient (Wildman–Crippen LogP) is 2.35. The molecule has 1 unspecified atom stereocenters. The van der Waals surface area contributed by atoms with Crippen molar-refractivity contribution in [3.63, 3.8) is 0 Å². The molecule has 0 aromatic carbocycles. The van der Waals surface area contributed by atoms with Crippen LogP contribution in [-0.2, 0) is 19.0 Å². The van der Waals surface area contributed by atoms with E-state index in [0.29, 0.717) is 26.2 Å². The number of allylic oxidation sites excluding steroid dienone is 3. The molecule has 4 heteroatoms. The van der Waals surface area contributed by atoms with Crippen molar-refractivity contribution < 1.29 is 19.0 Å². The van der Waals surface area contributed by atoms with Crippen LogP contribution in [0.4, 0.5) is 0 Å². The number of rotatable bonds is 8. The van der Waals surface area contributed by atoms with Crippen LogP contribution < -0.4 is 0 Å². The summed E-state index contributed by atoms with van der Waals surface area (Å²) < 4.78 is 15.7.